The molecule has 10 nitrogen and oxygen atoms in total. The van der Waals surface area contributed by atoms with Crippen LogP contribution in [0.15, 0.2) is 35.8 Å². The molecule has 2 aliphatic heterocycles. The number of benzene rings is 2. The van der Waals surface area contributed by atoms with E-state index < -0.39 is 54.7 Å². The van der Waals surface area contributed by atoms with Crippen molar-refractivity contribution in [3.63, 3.8) is 0 Å². The summed E-state index contributed by atoms with van der Waals surface area (Å²) in [6, 6.07) is 6.50. The van der Waals surface area contributed by atoms with Crippen LogP contribution in [-0.2, 0) is 56.2 Å². The van der Waals surface area contributed by atoms with E-state index in [2.05, 4.69) is 33.9 Å². The number of carbonyl (C=O) groups is 2. The first-order valence-electron chi connectivity index (χ1n) is 21.5. The molecule has 2 fully saturated rings. The third-order valence-electron chi connectivity index (χ3n) is 12.0. The van der Waals surface area contributed by atoms with Crippen LogP contribution in [0.25, 0.3) is 11.1 Å². The largest absolute Gasteiger partial charge is 0.509 e. The first kappa shape index (κ1) is 60.2. The first-order valence-corrected chi connectivity index (χ1v) is 30.2. The van der Waals surface area contributed by atoms with Crippen LogP contribution in [-0.4, -0.2) is 91.3 Å². The Morgan fingerprint density at radius 3 is 1.42 bits per heavy atom. The Bertz CT molecular complexity index is 2380. The molecule has 2 amide bonds. The molecule has 25 heteroatoms. The van der Waals surface area contributed by atoms with Gasteiger partial charge in [0, 0.05) is 47.7 Å². The van der Waals surface area contributed by atoms with Gasteiger partial charge < -0.3 is 38.8 Å². The summed E-state index contributed by atoms with van der Waals surface area (Å²) >= 11 is 39.9. The number of halogens is 11. The number of ether oxygens (including phenoxy) is 2. The van der Waals surface area contributed by atoms with Crippen molar-refractivity contribution in [3.05, 3.63) is 78.1 Å². The maximum atomic E-state index is 13.3. The minimum absolute atomic E-state index is 0.0865. The predicted molar refractivity (Wildman–Crippen MR) is 269 cm³/mol. The van der Waals surface area contributed by atoms with Gasteiger partial charge in [-0.2, -0.15) is 26.3 Å². The van der Waals surface area contributed by atoms with Gasteiger partial charge in [0.1, 0.15) is 23.7 Å². The standard InChI is InChI=1S/C22H27Cl2F3NO4PS.C19H23Cl2NO3.C3H5ClF3OPS/c1-5-30-20(3)6-8-21(9-7-20)18(32-33(4,34)31-12-22(25,26)27)17(19(29)28-21)16-13(2)10-14(23)11-15(16)24;1-4-25-18(3)5-7-19(8-6-18)16(23)15(17(24)22-19)14-11(2)9-12(20)10-13(14)21;1-9(4,10)8-2-3(5,6)7/h10-11H,5-9,12H2,1-4H3,(H,28,29);9-10,23H,4-8H2,1-3H3,(H,22,24);2H2,1H3. The number of alkyl halides is 6. The number of nitrogens with one attached hydrogen (secondary N) is 2. The highest BCUT2D eigenvalue weighted by atomic mass is 35.7. The predicted octanol–water partition coefficient (Wildman–Crippen LogP) is 14.3. The quantitative estimate of drug-likeness (QED) is 0.140. The summed E-state index contributed by atoms with van der Waals surface area (Å²) in [4.78, 5) is 26.0. The van der Waals surface area contributed by atoms with Gasteiger partial charge in [-0.3, -0.25) is 9.59 Å². The molecule has 0 saturated heterocycles. The molecule has 6 rings (SSSR count). The SMILES string of the molecule is CCOC1(C)CCC2(CC1)NC(=O)C(c1c(C)cc(Cl)cc1Cl)=C2O.CCOC1(C)CCC2(CC1)NC(=O)C(c1c(C)cc(Cl)cc1Cl)=C2OP(C)(=S)OCC(F)(F)F.CP(=S)(Cl)OCC(F)(F)F. The van der Waals surface area contributed by atoms with E-state index in [1.165, 1.54) is 19.4 Å². The van der Waals surface area contributed by atoms with Gasteiger partial charge in [0.15, 0.2) is 6.61 Å². The fraction of sp³-hybridized carbons (Fsp3) is 0.591. The summed E-state index contributed by atoms with van der Waals surface area (Å²) in [5, 5.41) is 18.5. The third kappa shape index (κ3) is 16.1. The molecular weight excluding hydrogens is 1100 g/mol. The van der Waals surface area contributed by atoms with Crippen LogP contribution in [0.4, 0.5) is 26.3 Å². The molecular formula is C44H55Cl5F6N2O8P2S2. The lowest BCUT2D eigenvalue weighted by molar-refractivity contribution is -0.153. The maximum Gasteiger partial charge on any atom is 0.412 e. The highest BCUT2D eigenvalue weighted by molar-refractivity contribution is 8.24. The molecule has 0 aromatic heterocycles. The van der Waals surface area contributed by atoms with Gasteiger partial charge in [-0.25, -0.2) is 0 Å². The van der Waals surface area contributed by atoms with Crippen LogP contribution < -0.4 is 10.6 Å². The summed E-state index contributed by atoms with van der Waals surface area (Å²) in [7, 11) is 0. The monoisotopic (exact) mass is 1150 g/mol. The van der Waals surface area contributed by atoms with Crippen molar-refractivity contribution in [2.45, 2.75) is 128 Å². The van der Waals surface area contributed by atoms with Crippen LogP contribution in [0.1, 0.15) is 101 Å². The Morgan fingerprint density at radius 1 is 0.667 bits per heavy atom. The highest BCUT2D eigenvalue weighted by Gasteiger charge is 2.54. The number of rotatable bonds is 12. The molecule has 2 aromatic carbocycles. The topological polar surface area (TPSA) is 125 Å². The molecule has 2 spiro atoms. The van der Waals surface area contributed by atoms with Gasteiger partial charge in [0.2, 0.25) is 6.49 Å². The van der Waals surface area contributed by atoms with Crippen molar-refractivity contribution < 1.29 is 64.1 Å². The lowest BCUT2D eigenvalue weighted by atomic mass is 9.74. The van der Waals surface area contributed by atoms with Crippen molar-refractivity contribution in [2.24, 2.45) is 0 Å². The summed E-state index contributed by atoms with van der Waals surface area (Å²) < 4.78 is 99.6. The van der Waals surface area contributed by atoms with Gasteiger partial charge in [0.25, 0.3) is 11.8 Å². The molecule has 0 bridgehead atoms. The number of hydrogen-bond donors (Lipinski definition) is 3. The smallest absolute Gasteiger partial charge is 0.412 e. The van der Waals surface area contributed by atoms with Gasteiger partial charge in [-0.1, -0.05) is 69.5 Å². The zero-order valence-electron chi connectivity index (χ0n) is 39.0. The average molecular weight is 1160 g/mol. The minimum atomic E-state index is -4.57. The second-order valence-electron chi connectivity index (χ2n) is 17.8. The lowest BCUT2D eigenvalue weighted by Gasteiger charge is -2.44. The van der Waals surface area contributed by atoms with E-state index in [9.17, 15) is 41.0 Å². The molecule has 69 heavy (non-hydrogen) atoms. The van der Waals surface area contributed by atoms with Gasteiger partial charge in [-0.15, -0.1) is 0 Å². The van der Waals surface area contributed by atoms with E-state index in [0.717, 1.165) is 18.4 Å². The van der Waals surface area contributed by atoms with Crippen molar-refractivity contribution in [1.82, 2.24) is 10.6 Å². The number of aliphatic hydroxyl groups is 1. The third-order valence-corrected chi connectivity index (χ3v) is 15.9. The van der Waals surface area contributed by atoms with Crippen LogP contribution in [0, 0.1) is 13.8 Å². The Hall–Kier alpha value is -1.37. The molecule has 4 aliphatic rings. The molecule has 2 aliphatic carbocycles. The number of aryl methyl sites for hydroxylation is 2. The van der Waals surface area contributed by atoms with Crippen LogP contribution >= 0.6 is 69.8 Å². The fourth-order valence-electron chi connectivity index (χ4n) is 8.68. The van der Waals surface area contributed by atoms with Crippen molar-refractivity contribution in [1.29, 1.82) is 0 Å². The second kappa shape index (κ2) is 23.0. The van der Waals surface area contributed by atoms with Crippen LogP contribution in [0.3, 0.4) is 0 Å². The van der Waals surface area contributed by atoms with E-state index in [4.69, 9.17) is 88.0 Å². The molecule has 2 atom stereocenters. The van der Waals surface area contributed by atoms with Gasteiger partial charge >= 0.3 is 12.4 Å². The Labute approximate surface area is 433 Å². The number of amides is 2. The average Bonchev–Trinajstić information content (AvgIpc) is 3.59. The summed E-state index contributed by atoms with van der Waals surface area (Å²) in [6.45, 7) is 9.01. The molecule has 2 unspecified atom stereocenters. The van der Waals surface area contributed by atoms with Gasteiger partial charge in [0.05, 0.1) is 43.5 Å². The van der Waals surface area contributed by atoms with E-state index in [1.807, 2.05) is 27.7 Å². The summed E-state index contributed by atoms with van der Waals surface area (Å²) in [6.07, 6.45) is -3.99. The Balaban J connectivity index is 0.000000258. The van der Waals surface area contributed by atoms with Crippen LogP contribution in [0.2, 0.25) is 20.1 Å². The summed E-state index contributed by atoms with van der Waals surface area (Å²) in [5.74, 6) is -0.460. The van der Waals surface area contributed by atoms with E-state index >= 15 is 0 Å². The maximum absolute atomic E-state index is 13.3. The molecule has 3 N–H and O–H groups in total. The normalized spacial score (nSPS) is 26.7. The number of hydrogen-bond acceptors (Lipinski definition) is 10. The van der Waals surface area contributed by atoms with Gasteiger partial charge in [-0.05, 0) is 140 Å². The van der Waals surface area contributed by atoms with E-state index in [1.54, 1.807) is 25.1 Å². The van der Waals surface area contributed by atoms with Crippen molar-refractivity contribution in [3.8, 4) is 0 Å². The fourth-order valence-corrected chi connectivity index (χ4v) is 12.2. The molecule has 388 valence electrons. The first-order chi connectivity index (χ1) is 31.5. The van der Waals surface area contributed by atoms with E-state index in [-0.39, 0.29) is 44.8 Å². The molecule has 0 radical (unpaired) electrons. The molecule has 2 saturated carbocycles. The minimum Gasteiger partial charge on any atom is -0.509 e. The highest BCUT2D eigenvalue weighted by Crippen LogP contribution is 2.56. The Kier molecular flexibility index (Phi) is 20.1. The summed E-state index contributed by atoms with van der Waals surface area (Å²) in [5.41, 5.74) is -2.20. The Morgan fingerprint density at radius 2 is 1.04 bits per heavy atom. The van der Waals surface area contributed by atoms with E-state index in [0.29, 0.717) is 83.5 Å². The van der Waals surface area contributed by atoms with Crippen molar-refractivity contribution >= 4 is 116 Å². The number of carbonyl (C=O) groups excluding carboxylic acids is 2. The van der Waals surface area contributed by atoms with Crippen molar-refractivity contribution in [2.75, 3.05) is 39.8 Å². The molecule has 2 heterocycles. The number of aliphatic hydroxyl groups excluding tert-OH is 1. The molecule has 2 aromatic rings. The van der Waals surface area contributed by atoms with Crippen LogP contribution in [0.5, 0.6) is 0 Å². The lowest BCUT2D eigenvalue weighted by Crippen LogP contribution is -2.51. The zero-order valence-corrected chi connectivity index (χ0v) is 46.2. The zero-order chi connectivity index (χ0) is 52.3. The second-order valence-corrected chi connectivity index (χ2v) is 29.9.